The smallest absolute Gasteiger partial charge is 0.340 e. The first-order valence-electron chi connectivity index (χ1n) is 8.77. The van der Waals surface area contributed by atoms with Gasteiger partial charge in [0, 0.05) is 18.5 Å². The van der Waals surface area contributed by atoms with Crippen molar-refractivity contribution in [3.05, 3.63) is 80.2 Å². The third kappa shape index (κ3) is 5.41. The Labute approximate surface area is 172 Å². The number of likely N-dealkylation sites (N-methyl/N-ethyl adjacent to an activating group) is 1. The minimum absolute atomic E-state index is 0.236. The van der Waals surface area contributed by atoms with Gasteiger partial charge in [0.2, 0.25) is 0 Å². The van der Waals surface area contributed by atoms with E-state index in [9.17, 15) is 9.59 Å². The number of aryl methyl sites for hydroxylation is 1. The van der Waals surface area contributed by atoms with Crippen molar-refractivity contribution >= 4 is 46.2 Å². The van der Waals surface area contributed by atoms with Crippen LogP contribution in [0.2, 0.25) is 0 Å². The Bertz CT molecular complexity index is 960. The molecule has 0 aliphatic heterocycles. The van der Waals surface area contributed by atoms with Gasteiger partial charge in [-0.15, -0.1) is 11.3 Å². The van der Waals surface area contributed by atoms with Crippen LogP contribution in [0.25, 0.3) is 11.6 Å². The van der Waals surface area contributed by atoms with Crippen LogP contribution < -0.4 is 0 Å². The second kappa shape index (κ2) is 9.48. The standard InChI is InChI=1S/C22H21NO3S2/c1-16-5-3-6-17(11-16)12-19(20-7-4-9-28-20)22(25)26-14-21(24)23(2)13-18-8-10-27-15-18/h3-12,15H,13-14H2,1-2H3/b19-12+. The lowest BCUT2D eigenvalue weighted by molar-refractivity contribution is -0.147. The summed E-state index contributed by atoms with van der Waals surface area (Å²) in [5.74, 6) is -0.734. The van der Waals surface area contributed by atoms with Crippen LogP contribution in [-0.4, -0.2) is 30.4 Å². The maximum atomic E-state index is 12.7. The Morgan fingerprint density at radius 2 is 2.00 bits per heavy atom. The number of carbonyl (C=O) groups excluding carboxylic acids is 2. The molecular formula is C22H21NO3S2. The normalized spacial score (nSPS) is 11.3. The van der Waals surface area contributed by atoms with Crippen molar-refractivity contribution in [2.45, 2.75) is 13.5 Å². The fourth-order valence-electron chi connectivity index (χ4n) is 2.65. The predicted molar refractivity (Wildman–Crippen MR) is 115 cm³/mol. The van der Waals surface area contributed by atoms with Gasteiger partial charge in [0.25, 0.3) is 5.91 Å². The summed E-state index contributed by atoms with van der Waals surface area (Å²) in [5.41, 5.74) is 3.54. The highest BCUT2D eigenvalue weighted by molar-refractivity contribution is 7.11. The van der Waals surface area contributed by atoms with E-state index in [1.54, 1.807) is 29.4 Å². The van der Waals surface area contributed by atoms with E-state index in [4.69, 9.17) is 4.74 Å². The van der Waals surface area contributed by atoms with E-state index in [0.717, 1.165) is 21.6 Å². The summed E-state index contributed by atoms with van der Waals surface area (Å²) < 4.78 is 5.34. The number of carbonyl (C=O) groups is 2. The predicted octanol–water partition coefficient (Wildman–Crippen LogP) is 4.86. The van der Waals surface area contributed by atoms with Crippen molar-refractivity contribution in [2.75, 3.05) is 13.7 Å². The quantitative estimate of drug-likeness (QED) is 0.412. The van der Waals surface area contributed by atoms with E-state index in [1.807, 2.05) is 65.5 Å². The number of benzene rings is 1. The molecule has 3 aromatic rings. The molecule has 0 N–H and O–H groups in total. The van der Waals surface area contributed by atoms with E-state index in [2.05, 4.69) is 0 Å². The summed E-state index contributed by atoms with van der Waals surface area (Å²) in [7, 11) is 1.70. The topological polar surface area (TPSA) is 46.6 Å². The molecule has 144 valence electrons. The molecule has 0 saturated carbocycles. The first-order chi connectivity index (χ1) is 13.5. The van der Waals surface area contributed by atoms with E-state index in [0.29, 0.717) is 12.1 Å². The molecule has 4 nitrogen and oxygen atoms in total. The molecule has 28 heavy (non-hydrogen) atoms. The molecule has 2 heterocycles. The largest absolute Gasteiger partial charge is 0.452 e. The molecule has 0 bridgehead atoms. The van der Waals surface area contributed by atoms with Gasteiger partial charge < -0.3 is 9.64 Å². The summed E-state index contributed by atoms with van der Waals surface area (Å²) in [6.45, 7) is 2.22. The zero-order chi connectivity index (χ0) is 19.9. The zero-order valence-corrected chi connectivity index (χ0v) is 17.4. The number of hydrogen-bond acceptors (Lipinski definition) is 5. The van der Waals surface area contributed by atoms with Gasteiger partial charge in [-0.05, 0) is 52.4 Å². The fourth-order valence-corrected chi connectivity index (χ4v) is 4.04. The molecule has 3 rings (SSSR count). The summed E-state index contributed by atoms with van der Waals surface area (Å²) in [5, 5.41) is 5.87. The maximum absolute atomic E-state index is 12.7. The molecule has 0 aliphatic rings. The van der Waals surface area contributed by atoms with Crippen LogP contribution >= 0.6 is 22.7 Å². The summed E-state index contributed by atoms with van der Waals surface area (Å²) in [4.78, 5) is 27.4. The monoisotopic (exact) mass is 411 g/mol. The van der Waals surface area contributed by atoms with Gasteiger partial charge in [-0.2, -0.15) is 11.3 Å². The van der Waals surface area contributed by atoms with Crippen molar-refractivity contribution in [2.24, 2.45) is 0 Å². The fraction of sp³-hybridized carbons (Fsp3) is 0.182. The number of amides is 1. The Balaban J connectivity index is 1.69. The third-order valence-corrected chi connectivity index (χ3v) is 5.75. The average molecular weight is 412 g/mol. The van der Waals surface area contributed by atoms with E-state index < -0.39 is 5.97 Å². The minimum atomic E-state index is -0.499. The number of hydrogen-bond donors (Lipinski definition) is 0. The van der Waals surface area contributed by atoms with Gasteiger partial charge in [0.05, 0.1) is 5.57 Å². The minimum Gasteiger partial charge on any atom is -0.452 e. The highest BCUT2D eigenvalue weighted by Gasteiger charge is 2.18. The van der Waals surface area contributed by atoms with Crippen LogP contribution in [0.4, 0.5) is 0 Å². The lowest BCUT2D eigenvalue weighted by Gasteiger charge is -2.16. The highest BCUT2D eigenvalue weighted by Crippen LogP contribution is 2.24. The van der Waals surface area contributed by atoms with Crippen molar-refractivity contribution in [1.82, 2.24) is 4.90 Å². The number of nitrogens with zero attached hydrogens (tertiary/aromatic N) is 1. The van der Waals surface area contributed by atoms with Crippen LogP contribution in [0.15, 0.2) is 58.6 Å². The average Bonchev–Trinajstić information content (AvgIpc) is 3.38. The molecule has 0 saturated heterocycles. The Morgan fingerprint density at radius 3 is 2.68 bits per heavy atom. The Kier molecular flexibility index (Phi) is 6.79. The molecule has 6 heteroatoms. The molecular weight excluding hydrogens is 390 g/mol. The molecule has 0 unspecified atom stereocenters. The Morgan fingerprint density at radius 1 is 1.14 bits per heavy atom. The second-order valence-corrected chi connectivity index (χ2v) is 8.13. The summed E-state index contributed by atoms with van der Waals surface area (Å²) >= 11 is 3.05. The lowest BCUT2D eigenvalue weighted by atomic mass is 10.1. The van der Waals surface area contributed by atoms with Crippen LogP contribution in [0.1, 0.15) is 21.6 Å². The van der Waals surface area contributed by atoms with E-state index in [1.165, 1.54) is 11.3 Å². The van der Waals surface area contributed by atoms with Gasteiger partial charge in [-0.3, -0.25) is 4.79 Å². The Hall–Kier alpha value is -2.70. The molecule has 2 aromatic heterocycles. The SMILES string of the molecule is Cc1cccc(/C=C(/C(=O)OCC(=O)N(C)Cc2ccsc2)c2cccs2)c1. The van der Waals surface area contributed by atoms with Gasteiger partial charge in [0.1, 0.15) is 0 Å². The summed E-state index contributed by atoms with van der Waals surface area (Å²) in [6.07, 6.45) is 1.81. The number of ether oxygens (including phenoxy) is 1. The second-order valence-electron chi connectivity index (χ2n) is 6.41. The molecule has 0 radical (unpaired) electrons. The molecule has 0 spiro atoms. The molecule has 0 aliphatic carbocycles. The van der Waals surface area contributed by atoms with Gasteiger partial charge in [0.15, 0.2) is 6.61 Å². The zero-order valence-electron chi connectivity index (χ0n) is 15.8. The van der Waals surface area contributed by atoms with Crippen molar-refractivity contribution < 1.29 is 14.3 Å². The van der Waals surface area contributed by atoms with Crippen LogP contribution in [-0.2, 0) is 20.9 Å². The van der Waals surface area contributed by atoms with Crippen molar-refractivity contribution in [3.8, 4) is 0 Å². The van der Waals surface area contributed by atoms with Gasteiger partial charge in [-0.1, -0.05) is 35.9 Å². The molecule has 1 aromatic carbocycles. The van der Waals surface area contributed by atoms with Crippen molar-refractivity contribution in [3.63, 3.8) is 0 Å². The number of thiophene rings is 2. The molecule has 1 amide bonds. The van der Waals surface area contributed by atoms with E-state index >= 15 is 0 Å². The van der Waals surface area contributed by atoms with Gasteiger partial charge in [-0.25, -0.2) is 4.79 Å². The summed E-state index contributed by atoms with van der Waals surface area (Å²) in [6, 6.07) is 13.6. The first kappa shape index (κ1) is 20.0. The lowest BCUT2D eigenvalue weighted by Crippen LogP contribution is -2.30. The molecule has 0 fully saturated rings. The number of esters is 1. The third-order valence-electron chi connectivity index (χ3n) is 4.11. The highest BCUT2D eigenvalue weighted by atomic mass is 32.1. The maximum Gasteiger partial charge on any atom is 0.340 e. The first-order valence-corrected chi connectivity index (χ1v) is 10.6. The van der Waals surface area contributed by atoms with Crippen LogP contribution in [0.5, 0.6) is 0 Å². The van der Waals surface area contributed by atoms with Crippen LogP contribution in [0, 0.1) is 6.92 Å². The number of rotatable bonds is 7. The van der Waals surface area contributed by atoms with Crippen LogP contribution in [0.3, 0.4) is 0 Å². The molecule has 0 atom stereocenters. The van der Waals surface area contributed by atoms with E-state index in [-0.39, 0.29) is 12.5 Å². The van der Waals surface area contributed by atoms with Gasteiger partial charge >= 0.3 is 5.97 Å². The van der Waals surface area contributed by atoms with Crippen molar-refractivity contribution in [1.29, 1.82) is 0 Å².